The molecule has 1 aromatic rings. The number of hydrogen-bond acceptors (Lipinski definition) is 2. The van der Waals surface area contributed by atoms with E-state index in [1.54, 1.807) is 0 Å². The number of aromatic nitrogens is 2. The molecule has 78 valence electrons. The zero-order valence-corrected chi connectivity index (χ0v) is 9.06. The van der Waals surface area contributed by atoms with Crippen LogP contribution in [0.3, 0.4) is 0 Å². The Kier molecular flexibility index (Phi) is 2.87. The van der Waals surface area contributed by atoms with Gasteiger partial charge < -0.3 is 10.3 Å². The Hall–Kier alpha value is -0.830. The summed E-state index contributed by atoms with van der Waals surface area (Å²) in [6, 6.07) is 0.633. The number of aromatic amines is 1. The Morgan fingerprint density at radius 2 is 2.21 bits per heavy atom. The molecule has 3 heteroatoms. The van der Waals surface area contributed by atoms with Gasteiger partial charge in [-0.2, -0.15) is 0 Å². The molecule has 1 saturated heterocycles. The lowest BCUT2D eigenvalue weighted by Gasteiger charge is -2.22. The van der Waals surface area contributed by atoms with Crippen LogP contribution < -0.4 is 5.32 Å². The Balaban J connectivity index is 1.95. The molecular weight excluding hydrogens is 174 g/mol. The van der Waals surface area contributed by atoms with Crippen LogP contribution in [0, 0.1) is 13.8 Å². The lowest BCUT2D eigenvalue weighted by atomic mass is 10.0. The molecule has 0 bridgehead atoms. The standard InChI is InChI=1S/C11H19N3/c1-8-9(2)14-11(13-8)7-10-5-3-4-6-12-10/h10,12H,3-7H2,1-2H3,(H,13,14). The highest BCUT2D eigenvalue weighted by atomic mass is 15.0. The Labute approximate surface area is 85.3 Å². The third-order valence-corrected chi connectivity index (χ3v) is 3.03. The minimum atomic E-state index is 0.633. The largest absolute Gasteiger partial charge is 0.346 e. The molecule has 1 unspecified atom stereocenters. The van der Waals surface area contributed by atoms with Crippen LogP contribution in [0.1, 0.15) is 36.5 Å². The van der Waals surface area contributed by atoms with Crippen LogP contribution in [0.5, 0.6) is 0 Å². The molecule has 2 rings (SSSR count). The van der Waals surface area contributed by atoms with E-state index in [1.807, 2.05) is 0 Å². The monoisotopic (exact) mass is 193 g/mol. The molecule has 1 aromatic heterocycles. The average Bonchev–Trinajstić information content (AvgIpc) is 2.47. The first-order chi connectivity index (χ1) is 6.75. The van der Waals surface area contributed by atoms with Gasteiger partial charge in [0.25, 0.3) is 0 Å². The first-order valence-electron chi connectivity index (χ1n) is 5.51. The van der Waals surface area contributed by atoms with Crippen molar-refractivity contribution < 1.29 is 0 Å². The van der Waals surface area contributed by atoms with E-state index < -0.39 is 0 Å². The Morgan fingerprint density at radius 1 is 1.36 bits per heavy atom. The molecule has 0 amide bonds. The normalized spacial score (nSPS) is 22.6. The molecule has 14 heavy (non-hydrogen) atoms. The molecule has 1 aliphatic heterocycles. The summed E-state index contributed by atoms with van der Waals surface area (Å²) in [5, 5.41) is 3.54. The quantitative estimate of drug-likeness (QED) is 0.750. The second-order valence-corrected chi connectivity index (χ2v) is 4.24. The molecule has 3 nitrogen and oxygen atoms in total. The van der Waals surface area contributed by atoms with Gasteiger partial charge in [0, 0.05) is 18.2 Å². The number of nitrogens with one attached hydrogen (secondary N) is 2. The molecule has 0 aromatic carbocycles. The van der Waals surface area contributed by atoms with Crippen molar-refractivity contribution in [2.75, 3.05) is 6.54 Å². The SMILES string of the molecule is Cc1nc(CC2CCCCN2)[nH]c1C. The third kappa shape index (κ3) is 2.15. The molecule has 1 aliphatic rings. The van der Waals surface area contributed by atoms with Crippen molar-refractivity contribution >= 4 is 0 Å². The maximum Gasteiger partial charge on any atom is 0.108 e. The smallest absolute Gasteiger partial charge is 0.108 e. The highest BCUT2D eigenvalue weighted by molar-refractivity contribution is 5.11. The zero-order valence-electron chi connectivity index (χ0n) is 9.06. The fourth-order valence-corrected chi connectivity index (χ4v) is 2.05. The predicted octanol–water partition coefficient (Wildman–Crippen LogP) is 1.71. The van der Waals surface area contributed by atoms with E-state index in [4.69, 9.17) is 0 Å². The van der Waals surface area contributed by atoms with Gasteiger partial charge in [-0.1, -0.05) is 6.42 Å². The fourth-order valence-electron chi connectivity index (χ4n) is 2.05. The van der Waals surface area contributed by atoms with E-state index in [9.17, 15) is 0 Å². The lowest BCUT2D eigenvalue weighted by molar-refractivity contribution is 0.395. The third-order valence-electron chi connectivity index (χ3n) is 3.03. The summed E-state index contributed by atoms with van der Waals surface area (Å²) in [6.45, 7) is 5.31. The zero-order chi connectivity index (χ0) is 9.97. The Bertz CT molecular complexity index is 278. The van der Waals surface area contributed by atoms with Crippen molar-refractivity contribution in [1.29, 1.82) is 0 Å². The van der Waals surface area contributed by atoms with Crippen molar-refractivity contribution in [2.24, 2.45) is 0 Å². The number of nitrogens with zero attached hydrogens (tertiary/aromatic N) is 1. The van der Waals surface area contributed by atoms with Crippen molar-refractivity contribution in [1.82, 2.24) is 15.3 Å². The van der Waals surface area contributed by atoms with Gasteiger partial charge in [-0.3, -0.25) is 0 Å². The van der Waals surface area contributed by atoms with Crippen LogP contribution in [-0.2, 0) is 6.42 Å². The van der Waals surface area contributed by atoms with Crippen LogP contribution in [0.4, 0.5) is 0 Å². The summed E-state index contributed by atoms with van der Waals surface area (Å²) in [4.78, 5) is 7.85. The van der Waals surface area contributed by atoms with Crippen molar-refractivity contribution in [3.63, 3.8) is 0 Å². The number of aryl methyl sites for hydroxylation is 2. The maximum absolute atomic E-state index is 4.51. The summed E-state index contributed by atoms with van der Waals surface area (Å²) in [5.74, 6) is 1.14. The molecule has 1 fully saturated rings. The van der Waals surface area contributed by atoms with E-state index in [-0.39, 0.29) is 0 Å². The topological polar surface area (TPSA) is 40.7 Å². The molecule has 2 heterocycles. The summed E-state index contributed by atoms with van der Waals surface area (Å²) in [7, 11) is 0. The van der Waals surface area contributed by atoms with E-state index in [2.05, 4.69) is 29.1 Å². The lowest BCUT2D eigenvalue weighted by Crippen LogP contribution is -2.35. The number of imidazole rings is 1. The summed E-state index contributed by atoms with van der Waals surface area (Å²) >= 11 is 0. The van der Waals surface area contributed by atoms with Crippen molar-refractivity contribution in [2.45, 2.75) is 45.6 Å². The minimum Gasteiger partial charge on any atom is -0.346 e. The first-order valence-corrected chi connectivity index (χ1v) is 5.51. The van der Waals surface area contributed by atoms with E-state index >= 15 is 0 Å². The molecule has 0 aliphatic carbocycles. The highest BCUT2D eigenvalue weighted by Gasteiger charge is 2.14. The van der Waals surface area contributed by atoms with Gasteiger partial charge >= 0.3 is 0 Å². The highest BCUT2D eigenvalue weighted by Crippen LogP contribution is 2.12. The van der Waals surface area contributed by atoms with Gasteiger partial charge in [0.2, 0.25) is 0 Å². The number of piperidine rings is 1. The Morgan fingerprint density at radius 3 is 2.79 bits per heavy atom. The van der Waals surface area contributed by atoms with Gasteiger partial charge in [0.1, 0.15) is 5.82 Å². The molecule has 1 atom stereocenters. The van der Waals surface area contributed by atoms with Crippen LogP contribution >= 0.6 is 0 Å². The van der Waals surface area contributed by atoms with Gasteiger partial charge in [0.05, 0.1) is 5.69 Å². The van der Waals surface area contributed by atoms with Crippen molar-refractivity contribution in [3.8, 4) is 0 Å². The summed E-state index contributed by atoms with van der Waals surface area (Å²) in [5.41, 5.74) is 2.34. The van der Waals surface area contributed by atoms with E-state index in [1.165, 1.54) is 31.5 Å². The predicted molar refractivity (Wildman–Crippen MR) is 57.4 cm³/mol. The number of H-pyrrole nitrogens is 1. The van der Waals surface area contributed by atoms with Crippen LogP contribution in [0.2, 0.25) is 0 Å². The molecule has 0 spiro atoms. The second kappa shape index (κ2) is 4.13. The van der Waals surface area contributed by atoms with Crippen LogP contribution in [0.15, 0.2) is 0 Å². The minimum absolute atomic E-state index is 0.633. The summed E-state index contributed by atoms with van der Waals surface area (Å²) < 4.78 is 0. The van der Waals surface area contributed by atoms with Crippen LogP contribution in [0.25, 0.3) is 0 Å². The number of hydrogen-bond donors (Lipinski definition) is 2. The fraction of sp³-hybridized carbons (Fsp3) is 0.727. The second-order valence-electron chi connectivity index (χ2n) is 4.24. The molecular formula is C11H19N3. The molecule has 0 saturated carbocycles. The average molecular weight is 193 g/mol. The summed E-state index contributed by atoms with van der Waals surface area (Å²) in [6.07, 6.45) is 5.02. The molecule has 0 radical (unpaired) electrons. The first kappa shape index (κ1) is 9.71. The van der Waals surface area contributed by atoms with Crippen molar-refractivity contribution in [3.05, 3.63) is 17.2 Å². The van der Waals surface area contributed by atoms with Crippen LogP contribution in [-0.4, -0.2) is 22.6 Å². The molecule has 2 N–H and O–H groups in total. The van der Waals surface area contributed by atoms with Gasteiger partial charge in [-0.05, 0) is 33.2 Å². The van der Waals surface area contributed by atoms with Gasteiger partial charge in [-0.25, -0.2) is 4.98 Å². The van der Waals surface area contributed by atoms with E-state index in [0.717, 1.165) is 17.9 Å². The number of rotatable bonds is 2. The maximum atomic E-state index is 4.51. The van der Waals surface area contributed by atoms with Gasteiger partial charge in [0.15, 0.2) is 0 Å². The van der Waals surface area contributed by atoms with Gasteiger partial charge in [-0.15, -0.1) is 0 Å². The van der Waals surface area contributed by atoms with E-state index in [0.29, 0.717) is 6.04 Å².